The Bertz CT molecular complexity index is 332. The van der Waals surface area contributed by atoms with Crippen LogP contribution in [0.4, 0.5) is 0 Å². The average molecular weight is 185 g/mol. The Morgan fingerprint density at radius 3 is 2.50 bits per heavy atom. The Balaban J connectivity index is 3.36. The van der Waals surface area contributed by atoms with Gasteiger partial charge in [0.25, 0.3) is 5.24 Å². The molecular formula is C9H9ClO2. The summed E-state index contributed by atoms with van der Waals surface area (Å²) in [4.78, 5) is 10.7. The predicted octanol–water partition coefficient (Wildman–Crippen LogP) is 2.39. The quantitative estimate of drug-likeness (QED) is 0.681. The number of hydrogen-bond donors (Lipinski definition) is 1. The maximum Gasteiger partial charge on any atom is 0.256 e. The first kappa shape index (κ1) is 9.07. The van der Waals surface area contributed by atoms with Crippen molar-refractivity contribution in [1.29, 1.82) is 0 Å². The highest BCUT2D eigenvalue weighted by molar-refractivity contribution is 6.68. The standard InChI is InChI=1S/C9H9ClO2/c1-5-3-4-7(9(10)12)8(11)6(5)2/h3-4,11H,1-2H3. The monoisotopic (exact) mass is 184 g/mol. The number of carbonyl (C=O) groups is 1. The Hall–Kier alpha value is -1.02. The van der Waals surface area contributed by atoms with Crippen LogP contribution < -0.4 is 0 Å². The van der Waals surface area contributed by atoms with Gasteiger partial charge in [-0.1, -0.05) is 6.07 Å². The van der Waals surface area contributed by atoms with E-state index in [2.05, 4.69) is 0 Å². The predicted molar refractivity (Wildman–Crippen MR) is 47.8 cm³/mol. The van der Waals surface area contributed by atoms with Gasteiger partial charge in [-0.2, -0.15) is 0 Å². The summed E-state index contributed by atoms with van der Waals surface area (Å²) in [5, 5.41) is 8.81. The number of aromatic hydroxyl groups is 1. The Labute approximate surface area is 75.8 Å². The Morgan fingerprint density at radius 1 is 1.42 bits per heavy atom. The van der Waals surface area contributed by atoms with Crippen molar-refractivity contribution >= 4 is 16.8 Å². The third-order valence-electron chi connectivity index (χ3n) is 1.91. The number of halogens is 1. The van der Waals surface area contributed by atoms with Gasteiger partial charge in [-0.15, -0.1) is 0 Å². The summed E-state index contributed by atoms with van der Waals surface area (Å²) < 4.78 is 0. The minimum absolute atomic E-state index is 0.0185. The number of carbonyl (C=O) groups excluding carboxylic acids is 1. The zero-order chi connectivity index (χ0) is 9.30. The molecule has 0 heterocycles. The van der Waals surface area contributed by atoms with E-state index in [0.29, 0.717) is 5.56 Å². The van der Waals surface area contributed by atoms with Gasteiger partial charge in [0.1, 0.15) is 5.75 Å². The Kier molecular flexibility index (Phi) is 2.38. The molecule has 64 valence electrons. The van der Waals surface area contributed by atoms with Crippen molar-refractivity contribution in [3.8, 4) is 5.75 Å². The molecule has 1 rings (SSSR count). The highest BCUT2D eigenvalue weighted by atomic mass is 35.5. The van der Waals surface area contributed by atoms with Crippen molar-refractivity contribution in [1.82, 2.24) is 0 Å². The lowest BCUT2D eigenvalue weighted by Gasteiger charge is -2.05. The molecule has 1 aromatic rings. The van der Waals surface area contributed by atoms with Crippen LogP contribution in [-0.2, 0) is 0 Å². The number of benzene rings is 1. The van der Waals surface area contributed by atoms with Crippen LogP contribution in [-0.4, -0.2) is 10.3 Å². The summed E-state index contributed by atoms with van der Waals surface area (Å²) >= 11 is 5.23. The second-order valence-corrected chi connectivity index (χ2v) is 3.02. The summed E-state index contributed by atoms with van der Waals surface area (Å²) in [5.41, 5.74) is 1.80. The van der Waals surface area contributed by atoms with Crippen LogP contribution in [0, 0.1) is 13.8 Å². The van der Waals surface area contributed by atoms with Gasteiger partial charge in [-0.3, -0.25) is 4.79 Å². The average Bonchev–Trinajstić information content (AvgIpc) is 2.00. The molecule has 0 saturated heterocycles. The highest BCUT2D eigenvalue weighted by Gasteiger charge is 2.10. The van der Waals surface area contributed by atoms with Gasteiger partial charge in [-0.25, -0.2) is 0 Å². The van der Waals surface area contributed by atoms with E-state index in [1.165, 1.54) is 6.07 Å². The molecule has 0 bridgehead atoms. The topological polar surface area (TPSA) is 37.3 Å². The molecule has 12 heavy (non-hydrogen) atoms. The Morgan fingerprint density at radius 2 is 2.00 bits per heavy atom. The summed E-state index contributed by atoms with van der Waals surface area (Å²) in [5.74, 6) is -0.0185. The fourth-order valence-corrected chi connectivity index (χ4v) is 1.11. The normalized spacial score (nSPS) is 9.92. The van der Waals surface area contributed by atoms with Gasteiger partial charge in [0, 0.05) is 0 Å². The molecule has 1 N–H and O–H groups in total. The van der Waals surface area contributed by atoms with Crippen molar-refractivity contribution in [2.75, 3.05) is 0 Å². The van der Waals surface area contributed by atoms with Crippen LogP contribution in [0.2, 0.25) is 0 Å². The maximum absolute atomic E-state index is 10.7. The lowest BCUT2D eigenvalue weighted by Crippen LogP contribution is -1.93. The zero-order valence-corrected chi connectivity index (χ0v) is 7.64. The molecule has 3 heteroatoms. The smallest absolute Gasteiger partial charge is 0.256 e. The van der Waals surface area contributed by atoms with Gasteiger partial charge >= 0.3 is 0 Å². The van der Waals surface area contributed by atoms with Gasteiger partial charge < -0.3 is 5.11 Å². The van der Waals surface area contributed by atoms with E-state index >= 15 is 0 Å². The molecule has 0 unspecified atom stereocenters. The first-order valence-corrected chi connectivity index (χ1v) is 3.91. The fraction of sp³-hybridized carbons (Fsp3) is 0.222. The third-order valence-corrected chi connectivity index (χ3v) is 2.12. The summed E-state index contributed by atoms with van der Waals surface area (Å²) in [7, 11) is 0. The number of aryl methyl sites for hydroxylation is 1. The van der Waals surface area contributed by atoms with Crippen LogP contribution in [0.25, 0.3) is 0 Å². The molecule has 0 fully saturated rings. The van der Waals surface area contributed by atoms with Crippen molar-refractivity contribution < 1.29 is 9.90 Å². The van der Waals surface area contributed by atoms with E-state index in [1.807, 2.05) is 6.92 Å². The lowest BCUT2D eigenvalue weighted by atomic mass is 10.1. The van der Waals surface area contributed by atoms with Gasteiger partial charge in [0.2, 0.25) is 0 Å². The van der Waals surface area contributed by atoms with Crippen molar-refractivity contribution in [2.45, 2.75) is 13.8 Å². The van der Waals surface area contributed by atoms with Gasteiger partial charge in [0.05, 0.1) is 5.56 Å². The van der Waals surface area contributed by atoms with Crippen molar-refractivity contribution in [2.24, 2.45) is 0 Å². The molecule has 0 aliphatic carbocycles. The maximum atomic E-state index is 10.7. The minimum atomic E-state index is -0.629. The van der Waals surface area contributed by atoms with Crippen LogP contribution in [0.15, 0.2) is 12.1 Å². The number of phenolic OH excluding ortho intramolecular Hbond substituents is 1. The molecule has 0 aliphatic heterocycles. The number of phenols is 1. The van der Waals surface area contributed by atoms with E-state index in [4.69, 9.17) is 11.6 Å². The molecule has 0 atom stereocenters. The zero-order valence-electron chi connectivity index (χ0n) is 6.89. The number of rotatable bonds is 1. The van der Waals surface area contributed by atoms with E-state index in [1.54, 1.807) is 13.0 Å². The SMILES string of the molecule is Cc1ccc(C(=O)Cl)c(O)c1C. The second kappa shape index (κ2) is 3.15. The summed E-state index contributed by atoms with van der Waals surface area (Å²) in [6.45, 7) is 3.60. The second-order valence-electron chi connectivity index (χ2n) is 2.68. The fourth-order valence-electron chi connectivity index (χ4n) is 0.960. The largest absolute Gasteiger partial charge is 0.507 e. The molecule has 0 aliphatic rings. The van der Waals surface area contributed by atoms with Gasteiger partial charge in [0.15, 0.2) is 0 Å². The molecule has 2 nitrogen and oxygen atoms in total. The highest BCUT2D eigenvalue weighted by Crippen LogP contribution is 2.25. The van der Waals surface area contributed by atoms with E-state index in [0.717, 1.165) is 5.56 Å². The molecule has 1 aromatic carbocycles. The third kappa shape index (κ3) is 1.43. The van der Waals surface area contributed by atoms with Gasteiger partial charge in [-0.05, 0) is 42.6 Å². The molecule has 0 saturated carbocycles. The first-order valence-electron chi connectivity index (χ1n) is 3.53. The first-order chi connectivity index (χ1) is 5.54. The van der Waals surface area contributed by atoms with Crippen LogP contribution in [0.3, 0.4) is 0 Å². The van der Waals surface area contributed by atoms with E-state index in [9.17, 15) is 9.90 Å². The lowest BCUT2D eigenvalue weighted by molar-refractivity contribution is 0.107. The van der Waals surface area contributed by atoms with Crippen LogP contribution in [0.5, 0.6) is 5.75 Å². The van der Waals surface area contributed by atoms with Crippen LogP contribution >= 0.6 is 11.6 Å². The van der Waals surface area contributed by atoms with Crippen molar-refractivity contribution in [3.63, 3.8) is 0 Å². The molecule has 0 radical (unpaired) electrons. The molecule has 0 amide bonds. The van der Waals surface area contributed by atoms with E-state index < -0.39 is 5.24 Å². The number of hydrogen-bond acceptors (Lipinski definition) is 2. The van der Waals surface area contributed by atoms with Crippen LogP contribution in [0.1, 0.15) is 21.5 Å². The van der Waals surface area contributed by atoms with E-state index in [-0.39, 0.29) is 11.3 Å². The minimum Gasteiger partial charge on any atom is -0.507 e. The summed E-state index contributed by atoms with van der Waals surface area (Å²) in [6.07, 6.45) is 0. The summed E-state index contributed by atoms with van der Waals surface area (Å²) in [6, 6.07) is 3.28. The molecule has 0 spiro atoms. The molecule has 0 aromatic heterocycles. The molecular weight excluding hydrogens is 176 g/mol. The van der Waals surface area contributed by atoms with Crippen molar-refractivity contribution in [3.05, 3.63) is 28.8 Å².